The molecule has 0 radical (unpaired) electrons. The van der Waals surface area contributed by atoms with E-state index in [-0.39, 0.29) is 11.6 Å². The standard InChI is InChI=1S/C18H22ClF3N2O2/c1-3-9-24(10-4-2)16(26)17(7-8-17)15(25)23-12-5-6-14(19)13(11-12)18(20,21)22/h5-6,11H,3-4,7-10H2,1-2H3,(H,23,25). The lowest BCUT2D eigenvalue weighted by molar-refractivity contribution is -0.142. The molecular formula is C18H22ClF3N2O2. The summed E-state index contributed by atoms with van der Waals surface area (Å²) in [6.45, 7) is 5.01. The van der Waals surface area contributed by atoms with Gasteiger partial charge in [-0.1, -0.05) is 25.4 Å². The Morgan fingerprint density at radius 2 is 1.77 bits per heavy atom. The number of carbonyl (C=O) groups is 2. The van der Waals surface area contributed by atoms with Gasteiger partial charge in [0.15, 0.2) is 0 Å². The molecule has 0 atom stereocenters. The van der Waals surface area contributed by atoms with Gasteiger partial charge in [-0.25, -0.2) is 0 Å². The van der Waals surface area contributed by atoms with Gasteiger partial charge in [-0.15, -0.1) is 0 Å². The second kappa shape index (κ2) is 7.86. The summed E-state index contributed by atoms with van der Waals surface area (Å²) < 4.78 is 38.9. The van der Waals surface area contributed by atoms with Crippen LogP contribution >= 0.6 is 11.6 Å². The summed E-state index contributed by atoms with van der Waals surface area (Å²) in [5.74, 6) is -0.807. The van der Waals surface area contributed by atoms with E-state index in [0.717, 1.165) is 25.0 Å². The fourth-order valence-corrected chi connectivity index (χ4v) is 3.12. The summed E-state index contributed by atoms with van der Waals surface area (Å²) in [7, 11) is 0. The molecule has 0 aliphatic heterocycles. The van der Waals surface area contributed by atoms with Crippen molar-refractivity contribution in [3.8, 4) is 0 Å². The third kappa shape index (κ3) is 4.31. The minimum atomic E-state index is -4.62. The van der Waals surface area contributed by atoms with Gasteiger partial charge < -0.3 is 10.2 Å². The number of nitrogens with zero attached hydrogens (tertiary/aromatic N) is 1. The molecule has 26 heavy (non-hydrogen) atoms. The predicted molar refractivity (Wildman–Crippen MR) is 93.9 cm³/mol. The quantitative estimate of drug-likeness (QED) is 0.684. The fraction of sp³-hybridized carbons (Fsp3) is 0.556. The Labute approximate surface area is 155 Å². The molecule has 1 aromatic rings. The average molecular weight is 391 g/mol. The zero-order valence-corrected chi connectivity index (χ0v) is 15.5. The molecule has 4 nitrogen and oxygen atoms in total. The van der Waals surface area contributed by atoms with Crippen LogP contribution in [0.4, 0.5) is 18.9 Å². The molecule has 2 amide bonds. The molecule has 0 saturated heterocycles. The van der Waals surface area contributed by atoms with Gasteiger partial charge in [0.1, 0.15) is 5.41 Å². The van der Waals surface area contributed by atoms with Gasteiger partial charge in [-0.05, 0) is 43.9 Å². The van der Waals surface area contributed by atoms with Crippen LogP contribution in [0.15, 0.2) is 18.2 Å². The minimum absolute atomic E-state index is 0.0247. The van der Waals surface area contributed by atoms with Crippen LogP contribution < -0.4 is 5.32 Å². The maximum atomic E-state index is 13.0. The molecule has 1 saturated carbocycles. The van der Waals surface area contributed by atoms with Crippen molar-refractivity contribution in [2.24, 2.45) is 5.41 Å². The summed E-state index contributed by atoms with van der Waals surface area (Å²) in [6, 6.07) is 3.17. The van der Waals surface area contributed by atoms with Crippen molar-refractivity contribution in [3.63, 3.8) is 0 Å². The Kier molecular flexibility index (Phi) is 6.21. The highest BCUT2D eigenvalue weighted by molar-refractivity contribution is 6.31. The van der Waals surface area contributed by atoms with Gasteiger partial charge in [0.05, 0.1) is 10.6 Å². The first-order valence-electron chi connectivity index (χ1n) is 8.63. The molecule has 1 aliphatic rings. The summed E-state index contributed by atoms with van der Waals surface area (Å²) in [4.78, 5) is 27.1. The summed E-state index contributed by atoms with van der Waals surface area (Å²) in [5, 5.41) is 2.02. The number of alkyl halides is 3. The molecule has 0 spiro atoms. The van der Waals surface area contributed by atoms with E-state index in [1.807, 2.05) is 13.8 Å². The number of anilines is 1. The van der Waals surface area contributed by atoms with Gasteiger partial charge in [0, 0.05) is 18.8 Å². The number of amides is 2. The van der Waals surface area contributed by atoms with Gasteiger partial charge >= 0.3 is 6.18 Å². The van der Waals surface area contributed by atoms with Crippen molar-refractivity contribution >= 4 is 29.1 Å². The van der Waals surface area contributed by atoms with E-state index in [2.05, 4.69) is 5.32 Å². The molecule has 1 aliphatic carbocycles. The van der Waals surface area contributed by atoms with Gasteiger partial charge in [0.25, 0.3) is 0 Å². The van der Waals surface area contributed by atoms with Crippen LogP contribution in [-0.4, -0.2) is 29.8 Å². The summed E-state index contributed by atoms with van der Waals surface area (Å²) >= 11 is 5.59. The highest BCUT2D eigenvalue weighted by Gasteiger charge is 2.57. The van der Waals surface area contributed by atoms with Crippen molar-refractivity contribution in [3.05, 3.63) is 28.8 Å². The maximum Gasteiger partial charge on any atom is 0.417 e. The van der Waals surface area contributed by atoms with E-state index in [1.54, 1.807) is 4.90 Å². The van der Waals surface area contributed by atoms with Crippen LogP contribution in [0.3, 0.4) is 0 Å². The molecule has 0 unspecified atom stereocenters. The first-order chi connectivity index (χ1) is 12.2. The third-order valence-electron chi connectivity index (χ3n) is 4.40. The zero-order chi connectivity index (χ0) is 19.5. The smallest absolute Gasteiger partial charge is 0.342 e. The average Bonchev–Trinajstić information content (AvgIpc) is 3.36. The fourth-order valence-electron chi connectivity index (χ4n) is 2.89. The normalized spacial score (nSPS) is 15.5. The number of benzene rings is 1. The van der Waals surface area contributed by atoms with Crippen molar-refractivity contribution in [2.75, 3.05) is 18.4 Å². The molecule has 144 valence electrons. The van der Waals surface area contributed by atoms with Crippen molar-refractivity contribution in [2.45, 2.75) is 45.7 Å². The van der Waals surface area contributed by atoms with Crippen LogP contribution in [0.2, 0.25) is 5.02 Å². The maximum absolute atomic E-state index is 13.0. The molecular weight excluding hydrogens is 369 g/mol. The number of nitrogens with one attached hydrogen (secondary N) is 1. The molecule has 1 N–H and O–H groups in total. The van der Waals surface area contributed by atoms with Crippen LogP contribution in [0.5, 0.6) is 0 Å². The molecule has 8 heteroatoms. The first kappa shape index (κ1) is 20.6. The number of rotatable bonds is 7. The van der Waals surface area contributed by atoms with Gasteiger partial charge in [-0.2, -0.15) is 13.2 Å². The Morgan fingerprint density at radius 3 is 2.23 bits per heavy atom. The predicted octanol–water partition coefficient (Wildman–Crippen LogP) is 4.73. The molecule has 2 rings (SSSR count). The molecule has 1 aromatic carbocycles. The largest absolute Gasteiger partial charge is 0.417 e. The van der Waals surface area contributed by atoms with Crippen LogP contribution in [-0.2, 0) is 15.8 Å². The highest BCUT2D eigenvalue weighted by atomic mass is 35.5. The number of hydrogen-bond donors (Lipinski definition) is 1. The van der Waals surface area contributed by atoms with E-state index in [4.69, 9.17) is 11.6 Å². The lowest BCUT2D eigenvalue weighted by Gasteiger charge is -2.26. The SMILES string of the molecule is CCCN(CCC)C(=O)C1(C(=O)Nc2ccc(Cl)c(C(F)(F)F)c2)CC1. The van der Waals surface area contributed by atoms with Crippen LogP contribution in [0.1, 0.15) is 45.1 Å². The van der Waals surface area contributed by atoms with E-state index in [0.29, 0.717) is 25.9 Å². The minimum Gasteiger partial charge on any atom is -0.342 e. The third-order valence-corrected chi connectivity index (χ3v) is 4.73. The topological polar surface area (TPSA) is 49.4 Å². The second-order valence-corrected chi connectivity index (χ2v) is 6.93. The lowest BCUT2D eigenvalue weighted by atomic mass is 10.0. The van der Waals surface area contributed by atoms with Crippen molar-refractivity contribution < 1.29 is 22.8 Å². The van der Waals surface area contributed by atoms with E-state index in [9.17, 15) is 22.8 Å². The van der Waals surface area contributed by atoms with E-state index in [1.165, 1.54) is 6.07 Å². The Bertz CT molecular complexity index is 682. The lowest BCUT2D eigenvalue weighted by Crippen LogP contribution is -2.43. The number of carbonyl (C=O) groups excluding carboxylic acids is 2. The monoisotopic (exact) mass is 390 g/mol. The first-order valence-corrected chi connectivity index (χ1v) is 9.01. The van der Waals surface area contributed by atoms with Crippen molar-refractivity contribution in [1.82, 2.24) is 4.90 Å². The summed E-state index contributed by atoms with van der Waals surface area (Å²) in [5.41, 5.74) is -2.21. The van der Waals surface area contributed by atoms with Crippen molar-refractivity contribution in [1.29, 1.82) is 0 Å². The van der Waals surface area contributed by atoms with E-state index >= 15 is 0 Å². The molecule has 0 heterocycles. The molecule has 1 fully saturated rings. The number of halogens is 4. The van der Waals surface area contributed by atoms with Crippen LogP contribution in [0.25, 0.3) is 0 Å². The van der Waals surface area contributed by atoms with Gasteiger partial charge in [-0.3, -0.25) is 9.59 Å². The van der Waals surface area contributed by atoms with E-state index < -0.39 is 28.1 Å². The second-order valence-electron chi connectivity index (χ2n) is 6.52. The molecule has 0 aromatic heterocycles. The Morgan fingerprint density at radius 1 is 1.19 bits per heavy atom. The Hall–Kier alpha value is -1.76. The zero-order valence-electron chi connectivity index (χ0n) is 14.8. The summed E-state index contributed by atoms with van der Waals surface area (Å²) in [6.07, 6.45) is -2.27. The van der Waals surface area contributed by atoms with Crippen LogP contribution in [0, 0.1) is 5.41 Å². The highest BCUT2D eigenvalue weighted by Crippen LogP contribution is 2.48. The Balaban J connectivity index is 2.18. The number of hydrogen-bond acceptors (Lipinski definition) is 2. The van der Waals surface area contributed by atoms with Gasteiger partial charge in [0.2, 0.25) is 11.8 Å². The molecule has 0 bridgehead atoms.